The maximum Gasteiger partial charge on any atom is 0.0658 e. The highest BCUT2D eigenvalue weighted by Crippen LogP contribution is 2.46. The molecule has 4 unspecified atom stereocenters. The smallest absolute Gasteiger partial charge is 0.0658 e. The first-order chi connectivity index (χ1) is 8.08. The molecule has 1 aliphatic rings. The monoisotopic (exact) mass is 243 g/mol. The van der Waals surface area contributed by atoms with Crippen LogP contribution in [0.4, 0.5) is 0 Å². The lowest BCUT2D eigenvalue weighted by molar-refractivity contribution is -0.128. The van der Waals surface area contributed by atoms with Gasteiger partial charge in [0.15, 0.2) is 0 Å². The van der Waals surface area contributed by atoms with E-state index in [-0.39, 0.29) is 0 Å². The fraction of sp³-hybridized carbons (Fsp3) is 1.00. The van der Waals surface area contributed by atoms with Crippen LogP contribution in [-0.4, -0.2) is 38.5 Å². The van der Waals surface area contributed by atoms with Crippen LogP contribution in [0.1, 0.15) is 47.0 Å². The minimum atomic E-state index is 0.303. The lowest BCUT2D eigenvalue weighted by Gasteiger charge is -2.54. The second-order valence-electron chi connectivity index (χ2n) is 5.44. The minimum Gasteiger partial charge on any atom is -0.385 e. The van der Waals surface area contributed by atoms with Crippen LogP contribution in [0.2, 0.25) is 0 Å². The highest BCUT2D eigenvalue weighted by molar-refractivity contribution is 5.05. The van der Waals surface area contributed by atoms with Gasteiger partial charge in [0.25, 0.3) is 0 Å². The normalized spacial score (nSPS) is 34.4. The predicted molar refractivity (Wildman–Crippen MR) is 71.3 cm³/mol. The van der Waals surface area contributed by atoms with Crippen molar-refractivity contribution in [3.05, 3.63) is 0 Å². The lowest BCUT2D eigenvalue weighted by Crippen LogP contribution is -2.63. The molecule has 0 amide bonds. The summed E-state index contributed by atoms with van der Waals surface area (Å²) in [4.78, 5) is 0. The van der Waals surface area contributed by atoms with Crippen LogP contribution in [-0.2, 0) is 9.47 Å². The van der Waals surface area contributed by atoms with Crippen molar-refractivity contribution in [3.63, 3.8) is 0 Å². The van der Waals surface area contributed by atoms with Crippen LogP contribution >= 0.6 is 0 Å². The van der Waals surface area contributed by atoms with E-state index in [9.17, 15) is 0 Å². The van der Waals surface area contributed by atoms with E-state index in [0.29, 0.717) is 23.6 Å². The Kier molecular flexibility index (Phi) is 5.90. The molecular formula is C14H29NO2. The number of rotatable bonds is 8. The van der Waals surface area contributed by atoms with Gasteiger partial charge in [0.2, 0.25) is 0 Å². The first-order valence-corrected chi connectivity index (χ1v) is 6.95. The third-order valence-electron chi connectivity index (χ3n) is 4.35. The van der Waals surface area contributed by atoms with Gasteiger partial charge >= 0.3 is 0 Å². The third-order valence-corrected chi connectivity index (χ3v) is 4.35. The first kappa shape index (κ1) is 14.9. The molecule has 1 saturated carbocycles. The van der Waals surface area contributed by atoms with E-state index in [2.05, 4.69) is 33.0 Å². The summed E-state index contributed by atoms with van der Waals surface area (Å²) in [7, 11) is 1.76. The molecule has 3 nitrogen and oxygen atoms in total. The number of hydrogen-bond acceptors (Lipinski definition) is 3. The van der Waals surface area contributed by atoms with Crippen molar-refractivity contribution in [1.29, 1.82) is 0 Å². The highest BCUT2D eigenvalue weighted by Gasteiger charge is 2.51. The summed E-state index contributed by atoms with van der Waals surface area (Å²) in [5.74, 6) is 0. The second-order valence-corrected chi connectivity index (χ2v) is 5.44. The van der Waals surface area contributed by atoms with Gasteiger partial charge in [0.1, 0.15) is 0 Å². The van der Waals surface area contributed by atoms with E-state index < -0.39 is 0 Å². The van der Waals surface area contributed by atoms with Crippen LogP contribution in [0.5, 0.6) is 0 Å². The van der Waals surface area contributed by atoms with Gasteiger partial charge in [0, 0.05) is 37.8 Å². The van der Waals surface area contributed by atoms with Crippen molar-refractivity contribution in [3.8, 4) is 0 Å². The molecule has 0 heterocycles. The molecule has 0 aliphatic heterocycles. The molecule has 0 aromatic carbocycles. The number of ether oxygens (including phenoxy) is 2. The van der Waals surface area contributed by atoms with Crippen LogP contribution in [0.15, 0.2) is 0 Å². The quantitative estimate of drug-likeness (QED) is 0.711. The van der Waals surface area contributed by atoms with Crippen LogP contribution in [0.3, 0.4) is 0 Å². The zero-order valence-electron chi connectivity index (χ0n) is 12.1. The summed E-state index contributed by atoms with van der Waals surface area (Å²) in [6.45, 7) is 10.6. The Morgan fingerprint density at radius 2 is 2.12 bits per heavy atom. The summed E-state index contributed by atoms with van der Waals surface area (Å²) >= 11 is 0. The summed E-state index contributed by atoms with van der Waals surface area (Å²) in [5, 5.41) is 3.72. The molecule has 1 N–H and O–H groups in total. The Bertz CT molecular complexity index is 222. The zero-order valence-corrected chi connectivity index (χ0v) is 12.1. The van der Waals surface area contributed by atoms with Crippen molar-refractivity contribution in [2.75, 3.05) is 20.3 Å². The van der Waals surface area contributed by atoms with Crippen LogP contribution in [0.25, 0.3) is 0 Å². The fourth-order valence-electron chi connectivity index (χ4n) is 2.73. The Labute approximate surface area is 106 Å². The van der Waals surface area contributed by atoms with Crippen molar-refractivity contribution in [2.24, 2.45) is 5.41 Å². The molecule has 0 bridgehead atoms. The van der Waals surface area contributed by atoms with Crippen molar-refractivity contribution in [2.45, 2.75) is 65.1 Å². The number of methoxy groups -OCH3 is 1. The molecule has 0 aromatic rings. The molecule has 1 rings (SSSR count). The summed E-state index contributed by atoms with van der Waals surface area (Å²) in [6, 6.07) is 1.12. The second kappa shape index (κ2) is 6.72. The van der Waals surface area contributed by atoms with Crippen LogP contribution < -0.4 is 5.32 Å². The van der Waals surface area contributed by atoms with Crippen LogP contribution in [0, 0.1) is 5.41 Å². The van der Waals surface area contributed by atoms with Gasteiger partial charge in [-0.15, -0.1) is 0 Å². The van der Waals surface area contributed by atoms with E-state index in [1.165, 1.54) is 6.42 Å². The van der Waals surface area contributed by atoms with Crippen molar-refractivity contribution in [1.82, 2.24) is 5.32 Å². The van der Waals surface area contributed by atoms with E-state index >= 15 is 0 Å². The van der Waals surface area contributed by atoms with E-state index in [4.69, 9.17) is 9.47 Å². The molecule has 0 saturated heterocycles. The minimum absolute atomic E-state index is 0.303. The molecule has 0 aromatic heterocycles. The Balaban J connectivity index is 2.40. The van der Waals surface area contributed by atoms with Crippen molar-refractivity contribution >= 4 is 0 Å². The van der Waals surface area contributed by atoms with E-state index in [0.717, 1.165) is 26.1 Å². The summed E-state index contributed by atoms with van der Waals surface area (Å²) < 4.78 is 10.9. The molecule has 1 aliphatic carbocycles. The maximum absolute atomic E-state index is 5.81. The molecule has 102 valence electrons. The van der Waals surface area contributed by atoms with Gasteiger partial charge in [-0.1, -0.05) is 13.8 Å². The van der Waals surface area contributed by atoms with Gasteiger partial charge in [-0.05, 0) is 33.1 Å². The molecule has 17 heavy (non-hydrogen) atoms. The summed E-state index contributed by atoms with van der Waals surface area (Å²) in [5.41, 5.74) is 0.303. The average molecular weight is 243 g/mol. The number of hydrogen-bond donors (Lipinski definition) is 1. The SMILES string of the molecule is CCOC1CC(NC(C)CCOC)C1(C)CC. The Morgan fingerprint density at radius 3 is 2.65 bits per heavy atom. The van der Waals surface area contributed by atoms with E-state index in [1.807, 2.05) is 0 Å². The topological polar surface area (TPSA) is 30.5 Å². The predicted octanol–water partition coefficient (Wildman–Crippen LogP) is 2.59. The van der Waals surface area contributed by atoms with Gasteiger partial charge in [0.05, 0.1) is 6.10 Å². The first-order valence-electron chi connectivity index (χ1n) is 6.95. The van der Waals surface area contributed by atoms with Gasteiger partial charge < -0.3 is 14.8 Å². The lowest BCUT2D eigenvalue weighted by atomic mass is 9.61. The van der Waals surface area contributed by atoms with Gasteiger partial charge in [-0.25, -0.2) is 0 Å². The maximum atomic E-state index is 5.81. The zero-order chi connectivity index (χ0) is 12.9. The molecular weight excluding hydrogens is 214 g/mol. The third kappa shape index (κ3) is 3.43. The van der Waals surface area contributed by atoms with E-state index in [1.54, 1.807) is 7.11 Å². The Morgan fingerprint density at radius 1 is 1.41 bits per heavy atom. The molecule has 4 atom stereocenters. The highest BCUT2D eigenvalue weighted by atomic mass is 16.5. The average Bonchev–Trinajstić information content (AvgIpc) is 2.34. The van der Waals surface area contributed by atoms with Crippen molar-refractivity contribution < 1.29 is 9.47 Å². The van der Waals surface area contributed by atoms with Gasteiger partial charge in [-0.2, -0.15) is 0 Å². The standard InChI is InChI=1S/C14H29NO2/c1-6-14(4)12(10-13(14)17-7-2)15-11(3)8-9-16-5/h11-13,15H,6-10H2,1-5H3. The fourth-order valence-corrected chi connectivity index (χ4v) is 2.73. The Hall–Kier alpha value is -0.120. The largest absolute Gasteiger partial charge is 0.385 e. The summed E-state index contributed by atoms with van der Waals surface area (Å²) in [6.07, 6.45) is 3.83. The molecule has 1 fully saturated rings. The molecule has 3 heteroatoms. The molecule has 0 radical (unpaired) electrons. The van der Waals surface area contributed by atoms with Gasteiger partial charge in [-0.3, -0.25) is 0 Å². The molecule has 0 spiro atoms. The number of nitrogens with one attached hydrogen (secondary N) is 1.